The first-order valence-electron chi connectivity index (χ1n) is 7.53. The van der Waals surface area contributed by atoms with Gasteiger partial charge in [-0.1, -0.05) is 39.0 Å². The van der Waals surface area contributed by atoms with Gasteiger partial charge < -0.3 is 29.9 Å². The molecule has 1 fully saturated rings. The molecular weight excluding hydrogens is 264 g/mol. The molecule has 0 radical (unpaired) electrons. The third-order valence-electron chi connectivity index (χ3n) is 3.61. The minimum Gasteiger partial charge on any atom is -0.387 e. The molecule has 4 N–H and O–H groups in total. The molecule has 0 aliphatic carbocycles. The second-order valence-corrected chi connectivity index (χ2v) is 5.38. The third kappa shape index (κ3) is 5.63. The first-order valence-corrected chi connectivity index (χ1v) is 7.53. The number of aliphatic hydroxyl groups is 4. The number of rotatable bonds is 9. The minimum atomic E-state index is -1.49. The van der Waals surface area contributed by atoms with Crippen molar-refractivity contribution >= 4 is 0 Å². The minimum absolute atomic E-state index is 0.0942. The maximum Gasteiger partial charge on any atom is 0.184 e. The summed E-state index contributed by atoms with van der Waals surface area (Å²) in [6.07, 6.45) is 0.530. The van der Waals surface area contributed by atoms with Crippen molar-refractivity contribution in [2.45, 2.75) is 76.2 Å². The predicted molar refractivity (Wildman–Crippen MR) is 73.1 cm³/mol. The number of aliphatic hydroxyl groups excluding tert-OH is 4. The highest BCUT2D eigenvalue weighted by atomic mass is 16.6. The Balaban J connectivity index is 2.09. The Bertz CT molecular complexity index is 250. The summed E-state index contributed by atoms with van der Waals surface area (Å²) >= 11 is 0. The lowest BCUT2D eigenvalue weighted by atomic mass is 9.99. The Morgan fingerprint density at radius 1 is 0.850 bits per heavy atom. The van der Waals surface area contributed by atoms with Crippen LogP contribution in [0.1, 0.15) is 45.4 Å². The standard InChI is InChI=1S/C14H28O6/c1-2-3-4-5-6-7-8-19-9-10-11(15)12(16)13(17)14(18)20-10/h10-18H,2-9H2,1H3/t10-,11-,12+,13-,14-/m1/s1. The molecule has 1 aliphatic heterocycles. The van der Waals surface area contributed by atoms with Gasteiger partial charge in [0, 0.05) is 6.61 Å². The average Bonchev–Trinajstić information content (AvgIpc) is 2.44. The molecule has 20 heavy (non-hydrogen) atoms. The van der Waals surface area contributed by atoms with E-state index >= 15 is 0 Å². The third-order valence-corrected chi connectivity index (χ3v) is 3.61. The zero-order valence-electron chi connectivity index (χ0n) is 12.1. The van der Waals surface area contributed by atoms with E-state index in [0.29, 0.717) is 6.61 Å². The summed E-state index contributed by atoms with van der Waals surface area (Å²) in [6.45, 7) is 2.84. The van der Waals surface area contributed by atoms with Gasteiger partial charge in [-0.3, -0.25) is 0 Å². The van der Waals surface area contributed by atoms with Crippen LogP contribution in [0, 0.1) is 0 Å². The summed E-state index contributed by atoms with van der Waals surface area (Å²) in [4.78, 5) is 0. The molecule has 1 aliphatic rings. The monoisotopic (exact) mass is 292 g/mol. The second-order valence-electron chi connectivity index (χ2n) is 5.38. The zero-order chi connectivity index (χ0) is 15.0. The fourth-order valence-electron chi connectivity index (χ4n) is 2.25. The smallest absolute Gasteiger partial charge is 0.184 e. The number of unbranched alkanes of at least 4 members (excludes halogenated alkanes) is 5. The van der Waals surface area contributed by atoms with Crippen LogP contribution in [0.4, 0.5) is 0 Å². The van der Waals surface area contributed by atoms with E-state index in [-0.39, 0.29) is 6.61 Å². The lowest BCUT2D eigenvalue weighted by Crippen LogP contribution is -2.58. The maximum atomic E-state index is 9.70. The summed E-state index contributed by atoms with van der Waals surface area (Å²) in [5.41, 5.74) is 0. The summed E-state index contributed by atoms with van der Waals surface area (Å²) in [6, 6.07) is 0. The highest BCUT2D eigenvalue weighted by molar-refractivity contribution is 4.88. The van der Waals surface area contributed by atoms with Crippen LogP contribution in [0.5, 0.6) is 0 Å². The Morgan fingerprint density at radius 2 is 1.50 bits per heavy atom. The molecule has 1 heterocycles. The molecule has 0 bridgehead atoms. The maximum absolute atomic E-state index is 9.70. The quantitative estimate of drug-likeness (QED) is 0.452. The number of ether oxygens (including phenoxy) is 2. The molecule has 0 spiro atoms. The van der Waals surface area contributed by atoms with Crippen molar-refractivity contribution in [3.63, 3.8) is 0 Å². The van der Waals surface area contributed by atoms with Crippen molar-refractivity contribution < 1.29 is 29.9 Å². The predicted octanol–water partition coefficient (Wildman–Crippen LogP) is 0.163. The van der Waals surface area contributed by atoms with E-state index in [2.05, 4.69) is 6.92 Å². The van der Waals surface area contributed by atoms with Crippen LogP contribution in [0.3, 0.4) is 0 Å². The van der Waals surface area contributed by atoms with E-state index in [1.54, 1.807) is 0 Å². The average molecular weight is 292 g/mol. The summed E-state index contributed by atoms with van der Waals surface area (Å²) in [5.74, 6) is 0. The second kappa shape index (κ2) is 9.65. The van der Waals surface area contributed by atoms with Gasteiger partial charge in [0.15, 0.2) is 6.29 Å². The summed E-state index contributed by atoms with van der Waals surface area (Å²) in [5, 5.41) is 37.9. The fraction of sp³-hybridized carbons (Fsp3) is 1.00. The van der Waals surface area contributed by atoms with Gasteiger partial charge in [0.2, 0.25) is 0 Å². The van der Waals surface area contributed by atoms with Crippen molar-refractivity contribution in [3.8, 4) is 0 Å². The molecule has 6 heteroatoms. The molecule has 0 aromatic carbocycles. The van der Waals surface area contributed by atoms with Crippen LogP contribution in [-0.4, -0.2) is 64.3 Å². The molecule has 0 aromatic rings. The lowest BCUT2D eigenvalue weighted by Gasteiger charge is -2.38. The van der Waals surface area contributed by atoms with Crippen LogP contribution in [0.2, 0.25) is 0 Å². The molecular formula is C14H28O6. The van der Waals surface area contributed by atoms with Gasteiger partial charge in [0.25, 0.3) is 0 Å². The first kappa shape index (κ1) is 17.8. The van der Waals surface area contributed by atoms with E-state index in [0.717, 1.165) is 12.8 Å². The number of hydrogen-bond donors (Lipinski definition) is 4. The Kier molecular flexibility index (Phi) is 8.60. The van der Waals surface area contributed by atoms with Crippen LogP contribution in [0.15, 0.2) is 0 Å². The number of hydrogen-bond acceptors (Lipinski definition) is 6. The van der Waals surface area contributed by atoms with Crippen LogP contribution < -0.4 is 0 Å². The Labute approximate surface area is 120 Å². The van der Waals surface area contributed by atoms with Crippen molar-refractivity contribution in [1.29, 1.82) is 0 Å². The van der Waals surface area contributed by atoms with E-state index in [4.69, 9.17) is 9.47 Å². The zero-order valence-corrected chi connectivity index (χ0v) is 12.1. The Morgan fingerprint density at radius 3 is 2.20 bits per heavy atom. The van der Waals surface area contributed by atoms with E-state index in [9.17, 15) is 20.4 Å². The van der Waals surface area contributed by atoms with Gasteiger partial charge in [-0.25, -0.2) is 0 Å². The highest BCUT2D eigenvalue weighted by Gasteiger charge is 2.42. The molecule has 6 nitrogen and oxygen atoms in total. The van der Waals surface area contributed by atoms with Crippen LogP contribution in [-0.2, 0) is 9.47 Å². The largest absolute Gasteiger partial charge is 0.387 e. The Hall–Kier alpha value is -0.240. The molecule has 120 valence electrons. The lowest BCUT2D eigenvalue weighted by molar-refractivity contribution is -0.288. The molecule has 0 aromatic heterocycles. The summed E-state index contributed by atoms with van der Waals surface area (Å²) < 4.78 is 10.4. The fourth-order valence-corrected chi connectivity index (χ4v) is 2.25. The van der Waals surface area contributed by atoms with E-state index < -0.39 is 30.7 Å². The molecule has 1 rings (SSSR count). The van der Waals surface area contributed by atoms with Crippen molar-refractivity contribution in [2.75, 3.05) is 13.2 Å². The van der Waals surface area contributed by atoms with Crippen molar-refractivity contribution in [1.82, 2.24) is 0 Å². The van der Waals surface area contributed by atoms with Crippen LogP contribution >= 0.6 is 0 Å². The van der Waals surface area contributed by atoms with Crippen molar-refractivity contribution in [3.05, 3.63) is 0 Å². The van der Waals surface area contributed by atoms with Gasteiger partial charge in [-0.05, 0) is 6.42 Å². The topological polar surface area (TPSA) is 99.4 Å². The van der Waals surface area contributed by atoms with Gasteiger partial charge >= 0.3 is 0 Å². The van der Waals surface area contributed by atoms with E-state index in [1.165, 1.54) is 25.7 Å². The SMILES string of the molecule is CCCCCCCCOC[C@H]1O[C@@H](O)[C@H](O)[C@@H](O)[C@@H]1O. The summed E-state index contributed by atoms with van der Waals surface area (Å²) in [7, 11) is 0. The van der Waals surface area contributed by atoms with Gasteiger partial charge in [-0.15, -0.1) is 0 Å². The molecule has 5 atom stereocenters. The normalized spacial score (nSPS) is 34.4. The molecule has 1 saturated heterocycles. The molecule has 0 amide bonds. The first-order chi connectivity index (χ1) is 9.57. The van der Waals surface area contributed by atoms with Gasteiger partial charge in [0.05, 0.1) is 6.61 Å². The highest BCUT2D eigenvalue weighted by Crippen LogP contribution is 2.20. The van der Waals surface area contributed by atoms with Gasteiger partial charge in [-0.2, -0.15) is 0 Å². The molecule has 0 unspecified atom stereocenters. The van der Waals surface area contributed by atoms with Crippen molar-refractivity contribution in [2.24, 2.45) is 0 Å². The van der Waals surface area contributed by atoms with Crippen LogP contribution in [0.25, 0.3) is 0 Å². The molecule has 0 saturated carbocycles. The van der Waals surface area contributed by atoms with Gasteiger partial charge in [0.1, 0.15) is 24.4 Å². The van der Waals surface area contributed by atoms with E-state index in [1.807, 2.05) is 0 Å².